The molecule has 0 aromatic carbocycles. The third kappa shape index (κ3) is 25.3. The molecule has 7 heteroatoms. The monoisotopic (exact) mass is 701 g/mol. The van der Waals surface area contributed by atoms with Gasteiger partial charge in [0.05, 0.1) is 13.2 Å². The molecule has 0 amide bonds. The van der Waals surface area contributed by atoms with Gasteiger partial charge in [-0.3, -0.25) is 0 Å². The highest BCUT2D eigenvalue weighted by Crippen LogP contribution is 2.24. The van der Waals surface area contributed by atoms with E-state index >= 15 is 0 Å². The molecule has 0 bridgehead atoms. The topological polar surface area (TPSA) is 68.2 Å². The second-order valence-corrected chi connectivity index (χ2v) is 15.1. The highest BCUT2D eigenvalue weighted by Gasteiger charge is 2.43. The van der Waals surface area contributed by atoms with Crippen LogP contribution in [0, 0.1) is 0 Å². The zero-order valence-electron chi connectivity index (χ0n) is 30.9. The van der Waals surface area contributed by atoms with E-state index in [1.54, 1.807) is 0 Å². The van der Waals surface area contributed by atoms with Crippen molar-refractivity contribution < 1.29 is 24.4 Å². The minimum Gasteiger partial charge on any atom is -0.477 e. The van der Waals surface area contributed by atoms with Gasteiger partial charge in [-0.25, -0.2) is 0 Å². The third-order valence-electron chi connectivity index (χ3n) is 9.76. The van der Waals surface area contributed by atoms with Gasteiger partial charge in [0.2, 0.25) is 0 Å². The van der Waals surface area contributed by atoms with Gasteiger partial charge in [-0.05, 0) is 37.3 Å². The van der Waals surface area contributed by atoms with Crippen molar-refractivity contribution in [1.29, 1.82) is 0 Å². The Labute approximate surface area is 302 Å². The van der Waals surface area contributed by atoms with Crippen LogP contribution >= 0.6 is 24.4 Å². The lowest BCUT2D eigenvalue weighted by molar-refractivity contribution is -0.186. The molecule has 0 spiro atoms. The smallest absolute Gasteiger partial charge is 0.167 e. The van der Waals surface area contributed by atoms with Crippen LogP contribution in [0.1, 0.15) is 206 Å². The summed E-state index contributed by atoms with van der Waals surface area (Å²) in [5, 5.41) is 21.6. The maximum Gasteiger partial charge on any atom is 0.167 e. The predicted octanol–water partition coefficient (Wildman–Crippen LogP) is 11.9. The van der Waals surface area contributed by atoms with Crippen molar-refractivity contribution in [1.82, 2.24) is 0 Å². The minimum absolute atomic E-state index is 0.216. The fourth-order valence-electron chi connectivity index (χ4n) is 6.62. The van der Waals surface area contributed by atoms with Crippen LogP contribution in [0.2, 0.25) is 0 Å². The summed E-state index contributed by atoms with van der Waals surface area (Å²) < 4.78 is 17.9. The summed E-state index contributed by atoms with van der Waals surface area (Å²) in [5.41, 5.74) is 0. The number of hydrogen-bond acceptors (Lipinski definition) is 7. The molecule has 0 radical (unpaired) electrons. The van der Waals surface area contributed by atoms with Gasteiger partial charge in [0.25, 0.3) is 0 Å². The van der Waals surface area contributed by atoms with Crippen molar-refractivity contribution in [3.63, 3.8) is 0 Å². The second-order valence-electron chi connectivity index (χ2n) is 14.2. The number of ether oxygens (including phenoxy) is 3. The fraction of sp³-hybridized carbons (Fsp3) is 0.950. The van der Waals surface area contributed by atoms with Crippen LogP contribution in [-0.4, -0.2) is 57.9 Å². The van der Waals surface area contributed by atoms with Gasteiger partial charge < -0.3 is 24.4 Å². The van der Waals surface area contributed by atoms with Gasteiger partial charge in [-0.1, -0.05) is 181 Å². The van der Waals surface area contributed by atoms with Crippen LogP contribution in [0.3, 0.4) is 0 Å². The first-order valence-electron chi connectivity index (χ1n) is 20.3. The molecule has 1 heterocycles. The van der Waals surface area contributed by atoms with Crippen LogP contribution < -0.4 is 0 Å². The maximum absolute atomic E-state index is 10.9. The average Bonchev–Trinajstić information content (AvgIpc) is 3.06. The van der Waals surface area contributed by atoms with Crippen molar-refractivity contribution in [2.75, 3.05) is 13.2 Å². The number of aliphatic hydroxyl groups excluding tert-OH is 2. The molecule has 47 heavy (non-hydrogen) atoms. The van der Waals surface area contributed by atoms with Gasteiger partial charge in [0.1, 0.15) is 12.2 Å². The van der Waals surface area contributed by atoms with Crippen molar-refractivity contribution in [3.05, 3.63) is 0 Å². The lowest BCUT2D eigenvalue weighted by Gasteiger charge is -2.39. The highest BCUT2D eigenvalue weighted by atomic mass is 32.1. The second kappa shape index (κ2) is 32.8. The Morgan fingerprint density at radius 1 is 0.532 bits per heavy atom. The van der Waals surface area contributed by atoms with E-state index in [4.69, 9.17) is 38.6 Å². The Kier molecular flexibility index (Phi) is 31.2. The molecule has 5 nitrogen and oxygen atoms in total. The van der Waals surface area contributed by atoms with Crippen molar-refractivity contribution in [2.45, 2.75) is 231 Å². The molecule has 1 fully saturated rings. The molecule has 4 atom stereocenters. The molecule has 2 N–H and O–H groups in total. The largest absolute Gasteiger partial charge is 0.477 e. The fourth-order valence-corrected chi connectivity index (χ4v) is 7.14. The van der Waals surface area contributed by atoms with Gasteiger partial charge >= 0.3 is 0 Å². The van der Waals surface area contributed by atoms with Gasteiger partial charge in [-0.15, -0.1) is 0 Å². The van der Waals surface area contributed by atoms with E-state index in [0.717, 1.165) is 32.1 Å². The van der Waals surface area contributed by atoms with Crippen LogP contribution in [0.4, 0.5) is 0 Å². The summed E-state index contributed by atoms with van der Waals surface area (Å²) in [6, 6.07) is 0. The van der Waals surface area contributed by atoms with E-state index < -0.39 is 24.4 Å². The van der Waals surface area contributed by atoms with Gasteiger partial charge in [0.15, 0.2) is 22.3 Å². The number of rotatable bonds is 33. The Bertz CT molecular complexity index is 721. The highest BCUT2D eigenvalue weighted by molar-refractivity contribution is 7.80. The minimum atomic E-state index is -1.02. The normalized spacial score (nSPS) is 19.6. The van der Waals surface area contributed by atoms with Gasteiger partial charge in [-0.2, -0.15) is 0 Å². The molecule has 1 rings (SSSR count). The maximum atomic E-state index is 10.9. The summed E-state index contributed by atoms with van der Waals surface area (Å²) in [4.78, 5) is 0. The van der Waals surface area contributed by atoms with E-state index in [1.165, 1.54) is 154 Å². The molecule has 278 valence electrons. The molecule has 1 aliphatic heterocycles. The Morgan fingerprint density at radius 2 is 0.851 bits per heavy atom. The SMILES string of the molecule is CCCCCCCCCCCCCCCCC(=S)O[C@H]1[C@H](O)[C@@H](CO)OC[C@@H]1OC(=S)CCCCCCCCCCCCCCCC. The average molecular weight is 701 g/mol. The molecule has 1 aliphatic rings. The first-order chi connectivity index (χ1) is 23.0. The number of aliphatic hydroxyl groups is 2. The standard InChI is InChI=1S/C40H76O5S2/c1-3-5-7-9-11-13-15-17-19-21-23-25-27-29-31-37(46)44-36-34-43-35(33-41)39(42)40(36)45-38(47)32-30-28-26-24-22-20-18-16-14-12-10-8-6-4-2/h35-36,39-42H,3-34H2,1-2H3/t35-,36+,39-,40-/m1/s1. The number of unbranched alkanes of at least 4 members (excludes halogenated alkanes) is 26. The molecule has 0 aromatic heterocycles. The summed E-state index contributed by atoms with van der Waals surface area (Å²) in [6.07, 6.45) is 35.4. The van der Waals surface area contributed by atoms with Crippen molar-refractivity contribution in [2.24, 2.45) is 0 Å². The van der Waals surface area contributed by atoms with Crippen LogP contribution in [-0.2, 0) is 14.2 Å². The quantitative estimate of drug-likeness (QED) is 0.0522. The number of hydrogen-bond donors (Lipinski definition) is 2. The summed E-state index contributed by atoms with van der Waals surface area (Å²) in [7, 11) is 0. The van der Waals surface area contributed by atoms with E-state index in [-0.39, 0.29) is 13.2 Å². The van der Waals surface area contributed by atoms with Gasteiger partial charge in [0, 0.05) is 12.8 Å². The molecule has 0 saturated carbocycles. The summed E-state index contributed by atoms with van der Waals surface area (Å²) in [6.45, 7) is 4.49. The number of thiocarbonyl (C=S) groups is 2. The van der Waals surface area contributed by atoms with E-state index in [9.17, 15) is 10.2 Å². The van der Waals surface area contributed by atoms with Crippen LogP contribution in [0.15, 0.2) is 0 Å². The molecule has 0 unspecified atom stereocenters. The molecular formula is C40H76O5S2. The molecule has 1 saturated heterocycles. The molecule has 0 aliphatic carbocycles. The first-order valence-corrected chi connectivity index (χ1v) is 21.1. The van der Waals surface area contributed by atoms with E-state index in [0.29, 0.717) is 16.5 Å². The Hall–Kier alpha value is -0.340. The summed E-state index contributed by atoms with van der Waals surface area (Å²) >= 11 is 11.1. The summed E-state index contributed by atoms with van der Waals surface area (Å²) in [5.74, 6) is 0. The lowest BCUT2D eigenvalue weighted by Crippen LogP contribution is -2.56. The Balaban J connectivity index is 2.15. The first kappa shape index (κ1) is 44.7. The van der Waals surface area contributed by atoms with Crippen molar-refractivity contribution >= 4 is 34.5 Å². The molecular weight excluding hydrogens is 625 g/mol. The third-order valence-corrected chi connectivity index (χ3v) is 10.4. The zero-order chi connectivity index (χ0) is 34.2. The van der Waals surface area contributed by atoms with E-state index in [2.05, 4.69) is 13.8 Å². The van der Waals surface area contributed by atoms with Crippen LogP contribution in [0.5, 0.6) is 0 Å². The van der Waals surface area contributed by atoms with E-state index in [1.807, 2.05) is 0 Å². The molecule has 0 aromatic rings. The Morgan fingerprint density at radius 3 is 1.19 bits per heavy atom. The van der Waals surface area contributed by atoms with Crippen molar-refractivity contribution in [3.8, 4) is 0 Å². The van der Waals surface area contributed by atoms with Crippen LogP contribution in [0.25, 0.3) is 0 Å². The predicted molar refractivity (Wildman–Crippen MR) is 208 cm³/mol. The zero-order valence-corrected chi connectivity index (χ0v) is 32.5. The lowest BCUT2D eigenvalue weighted by atomic mass is 10.00.